The number of hydrogen-bond donors (Lipinski definition) is 3. The summed E-state index contributed by atoms with van der Waals surface area (Å²) < 4.78 is 5.35. The predicted molar refractivity (Wildman–Crippen MR) is 118 cm³/mol. The molecule has 1 heterocycles. The number of benzene rings is 1. The molecule has 1 atom stereocenters. The summed E-state index contributed by atoms with van der Waals surface area (Å²) in [7, 11) is 0. The molecule has 4 amide bonds. The van der Waals surface area contributed by atoms with E-state index in [9.17, 15) is 19.2 Å². The quantitative estimate of drug-likeness (QED) is 0.567. The van der Waals surface area contributed by atoms with E-state index in [-0.39, 0.29) is 23.4 Å². The van der Waals surface area contributed by atoms with Crippen LogP contribution < -0.4 is 16.0 Å². The third kappa shape index (κ3) is 5.91. The van der Waals surface area contributed by atoms with Gasteiger partial charge in [-0.05, 0) is 39.2 Å². The SMILES string of the molecule is CC(C)NC(=O)NC(=O)[C@H](C)OC(=O)c1c(-c2ccccc2)csc1NC(=O)C1CC1. The van der Waals surface area contributed by atoms with E-state index in [1.54, 1.807) is 19.2 Å². The lowest BCUT2D eigenvalue weighted by molar-refractivity contribution is -0.128. The molecule has 0 unspecified atom stereocenters. The zero-order valence-corrected chi connectivity index (χ0v) is 18.4. The maximum atomic E-state index is 13.0. The first-order valence-electron chi connectivity index (χ1n) is 10.1. The van der Waals surface area contributed by atoms with Crippen molar-refractivity contribution in [2.24, 2.45) is 5.92 Å². The first-order valence-corrected chi connectivity index (χ1v) is 10.9. The number of imide groups is 1. The fraction of sp³-hybridized carbons (Fsp3) is 0.364. The molecule has 0 spiro atoms. The number of carbonyl (C=O) groups excluding carboxylic acids is 4. The van der Waals surface area contributed by atoms with Crippen molar-refractivity contribution in [3.05, 3.63) is 41.3 Å². The Morgan fingerprint density at radius 3 is 2.35 bits per heavy atom. The Hall–Kier alpha value is -3.20. The highest BCUT2D eigenvalue weighted by Gasteiger charge is 2.32. The molecule has 0 bridgehead atoms. The summed E-state index contributed by atoms with van der Waals surface area (Å²) in [6.45, 7) is 4.90. The van der Waals surface area contributed by atoms with E-state index >= 15 is 0 Å². The van der Waals surface area contributed by atoms with Gasteiger partial charge in [-0.25, -0.2) is 9.59 Å². The van der Waals surface area contributed by atoms with E-state index in [0.717, 1.165) is 18.4 Å². The van der Waals surface area contributed by atoms with Crippen LogP contribution in [0.4, 0.5) is 9.80 Å². The maximum Gasteiger partial charge on any atom is 0.342 e. The third-order valence-electron chi connectivity index (χ3n) is 4.57. The molecule has 1 aliphatic carbocycles. The van der Waals surface area contributed by atoms with Gasteiger partial charge < -0.3 is 15.4 Å². The van der Waals surface area contributed by atoms with Crippen LogP contribution in [0.2, 0.25) is 0 Å². The number of carbonyl (C=O) groups is 4. The Morgan fingerprint density at radius 2 is 1.74 bits per heavy atom. The zero-order chi connectivity index (χ0) is 22.5. The standard InChI is InChI=1S/C22H25N3O5S/c1-12(2)23-22(29)25-18(26)13(3)30-21(28)17-16(14-7-5-4-6-8-14)11-31-20(17)24-19(27)15-9-10-15/h4-8,11-13,15H,9-10H2,1-3H3,(H,24,27)(H2,23,25,26,29)/t13-/m0/s1. The Labute approximate surface area is 184 Å². The monoisotopic (exact) mass is 443 g/mol. The summed E-state index contributed by atoms with van der Waals surface area (Å²) >= 11 is 1.23. The van der Waals surface area contributed by atoms with E-state index in [0.29, 0.717) is 10.6 Å². The van der Waals surface area contributed by atoms with Crippen molar-refractivity contribution in [2.75, 3.05) is 5.32 Å². The van der Waals surface area contributed by atoms with Crippen LogP contribution in [0.25, 0.3) is 11.1 Å². The number of rotatable bonds is 7. The molecule has 1 aromatic carbocycles. The van der Waals surface area contributed by atoms with Gasteiger partial charge in [0.15, 0.2) is 6.10 Å². The van der Waals surface area contributed by atoms with Crippen LogP contribution in [0, 0.1) is 5.92 Å². The van der Waals surface area contributed by atoms with Crippen molar-refractivity contribution in [1.29, 1.82) is 0 Å². The number of esters is 1. The van der Waals surface area contributed by atoms with Gasteiger partial charge in [0, 0.05) is 22.9 Å². The van der Waals surface area contributed by atoms with E-state index in [1.165, 1.54) is 18.3 Å². The summed E-state index contributed by atoms with van der Waals surface area (Å²) in [6, 6.07) is 8.42. The third-order valence-corrected chi connectivity index (χ3v) is 5.47. The summed E-state index contributed by atoms with van der Waals surface area (Å²) in [5.41, 5.74) is 1.58. The minimum Gasteiger partial charge on any atom is -0.449 e. The molecule has 8 nitrogen and oxygen atoms in total. The van der Waals surface area contributed by atoms with Gasteiger partial charge in [0.2, 0.25) is 5.91 Å². The fourth-order valence-corrected chi connectivity index (χ4v) is 3.79. The Bertz CT molecular complexity index is 982. The number of urea groups is 1. The number of ether oxygens (including phenoxy) is 1. The lowest BCUT2D eigenvalue weighted by Crippen LogP contribution is -2.46. The molecule has 0 saturated heterocycles. The molecule has 2 aromatic rings. The van der Waals surface area contributed by atoms with Gasteiger partial charge in [-0.15, -0.1) is 11.3 Å². The molecule has 1 aromatic heterocycles. The molecule has 9 heteroatoms. The summed E-state index contributed by atoms with van der Waals surface area (Å²) in [4.78, 5) is 49.3. The van der Waals surface area contributed by atoms with Crippen molar-refractivity contribution in [3.63, 3.8) is 0 Å². The van der Waals surface area contributed by atoms with E-state index < -0.39 is 24.0 Å². The molecule has 3 N–H and O–H groups in total. The smallest absolute Gasteiger partial charge is 0.342 e. The molecule has 0 radical (unpaired) electrons. The number of nitrogens with one attached hydrogen (secondary N) is 3. The lowest BCUT2D eigenvalue weighted by atomic mass is 10.0. The molecule has 164 valence electrons. The Morgan fingerprint density at radius 1 is 1.06 bits per heavy atom. The normalized spacial score (nSPS) is 13.9. The second-order valence-electron chi connectivity index (χ2n) is 7.65. The highest BCUT2D eigenvalue weighted by molar-refractivity contribution is 7.15. The van der Waals surface area contributed by atoms with Crippen LogP contribution in [0.15, 0.2) is 35.7 Å². The van der Waals surface area contributed by atoms with Crippen LogP contribution in [0.3, 0.4) is 0 Å². The minimum atomic E-state index is -1.21. The van der Waals surface area contributed by atoms with Crippen LogP contribution in [-0.4, -0.2) is 36.0 Å². The first kappa shape index (κ1) is 22.5. The lowest BCUT2D eigenvalue weighted by Gasteiger charge is -2.15. The van der Waals surface area contributed by atoms with Gasteiger partial charge >= 0.3 is 12.0 Å². The average Bonchev–Trinajstić information content (AvgIpc) is 3.48. The van der Waals surface area contributed by atoms with Crippen molar-refractivity contribution in [2.45, 2.75) is 45.8 Å². The van der Waals surface area contributed by atoms with Gasteiger partial charge in [0.05, 0.1) is 0 Å². The van der Waals surface area contributed by atoms with Gasteiger partial charge in [0.1, 0.15) is 10.6 Å². The van der Waals surface area contributed by atoms with Gasteiger partial charge in [0.25, 0.3) is 5.91 Å². The topological polar surface area (TPSA) is 114 Å². The molecule has 1 saturated carbocycles. The van der Waals surface area contributed by atoms with Crippen molar-refractivity contribution >= 4 is 40.2 Å². The highest BCUT2D eigenvalue weighted by Crippen LogP contribution is 2.38. The Kier molecular flexibility index (Phi) is 7.06. The fourth-order valence-electron chi connectivity index (χ4n) is 2.83. The molecule has 1 aliphatic rings. The molecule has 0 aliphatic heterocycles. The minimum absolute atomic E-state index is 0.0321. The van der Waals surface area contributed by atoms with E-state index in [1.807, 2.05) is 30.3 Å². The molecular formula is C22H25N3O5S. The predicted octanol–water partition coefficient (Wildman–Crippen LogP) is 3.54. The summed E-state index contributed by atoms with van der Waals surface area (Å²) in [6.07, 6.45) is 0.456. The first-order chi connectivity index (χ1) is 14.8. The summed E-state index contributed by atoms with van der Waals surface area (Å²) in [5.74, 6) is -1.66. The van der Waals surface area contributed by atoms with Crippen LogP contribution >= 0.6 is 11.3 Å². The Balaban J connectivity index is 1.79. The molecule has 3 rings (SSSR count). The molecule has 31 heavy (non-hydrogen) atoms. The second kappa shape index (κ2) is 9.74. The van der Waals surface area contributed by atoms with Gasteiger partial charge in [-0.1, -0.05) is 30.3 Å². The number of hydrogen-bond acceptors (Lipinski definition) is 6. The molecular weight excluding hydrogens is 418 g/mol. The van der Waals surface area contributed by atoms with Crippen LogP contribution in [-0.2, 0) is 14.3 Å². The van der Waals surface area contributed by atoms with Crippen molar-refractivity contribution in [3.8, 4) is 11.1 Å². The van der Waals surface area contributed by atoms with Gasteiger partial charge in [-0.3, -0.25) is 14.9 Å². The maximum absolute atomic E-state index is 13.0. The highest BCUT2D eigenvalue weighted by atomic mass is 32.1. The summed E-state index contributed by atoms with van der Waals surface area (Å²) in [5, 5.41) is 9.64. The van der Waals surface area contributed by atoms with Crippen molar-refractivity contribution < 1.29 is 23.9 Å². The number of anilines is 1. The van der Waals surface area contributed by atoms with Crippen LogP contribution in [0.1, 0.15) is 44.0 Å². The van der Waals surface area contributed by atoms with Gasteiger partial charge in [-0.2, -0.15) is 0 Å². The number of amides is 4. The largest absolute Gasteiger partial charge is 0.449 e. The zero-order valence-electron chi connectivity index (χ0n) is 17.6. The van der Waals surface area contributed by atoms with Crippen LogP contribution in [0.5, 0.6) is 0 Å². The average molecular weight is 444 g/mol. The second-order valence-corrected chi connectivity index (χ2v) is 8.53. The molecule has 1 fully saturated rings. The van der Waals surface area contributed by atoms with Crippen molar-refractivity contribution in [1.82, 2.24) is 10.6 Å². The number of thiophene rings is 1. The van der Waals surface area contributed by atoms with E-state index in [4.69, 9.17) is 4.74 Å². The van der Waals surface area contributed by atoms with E-state index in [2.05, 4.69) is 16.0 Å².